The molecule has 0 radical (unpaired) electrons. The van der Waals surface area contributed by atoms with Crippen LogP contribution in [-0.2, 0) is 6.42 Å². The Kier molecular flexibility index (Phi) is 5.40. The summed E-state index contributed by atoms with van der Waals surface area (Å²) in [7, 11) is 0. The molecular formula is C18H22ClNO. The lowest BCUT2D eigenvalue weighted by Gasteiger charge is -2.26. The molecule has 2 aromatic carbocycles. The predicted octanol–water partition coefficient (Wildman–Crippen LogP) is 3.89. The van der Waals surface area contributed by atoms with Gasteiger partial charge in [0, 0.05) is 11.1 Å². The summed E-state index contributed by atoms with van der Waals surface area (Å²) in [4.78, 5) is 0. The number of halogens is 1. The van der Waals surface area contributed by atoms with Crippen molar-refractivity contribution in [2.24, 2.45) is 11.7 Å². The van der Waals surface area contributed by atoms with Crippen LogP contribution in [0.25, 0.3) is 0 Å². The Balaban J connectivity index is 2.08. The molecule has 3 unspecified atom stereocenters. The van der Waals surface area contributed by atoms with Crippen molar-refractivity contribution in [1.29, 1.82) is 0 Å². The van der Waals surface area contributed by atoms with E-state index in [0.717, 1.165) is 28.1 Å². The Bertz CT molecular complexity index is 599. The number of aryl methyl sites for hydroxylation is 1. The lowest BCUT2D eigenvalue weighted by molar-refractivity contribution is 0.121. The molecule has 2 aromatic rings. The van der Waals surface area contributed by atoms with Crippen molar-refractivity contribution in [3.05, 3.63) is 70.2 Å². The molecule has 2 rings (SSSR count). The molecule has 0 fully saturated rings. The molecule has 0 aliphatic heterocycles. The van der Waals surface area contributed by atoms with Gasteiger partial charge in [-0.2, -0.15) is 0 Å². The standard InChI is InChI=1S/C18H22ClNO/c1-12-6-5-8-15(10-12)18(21)17(20)13(2)11-14-7-3-4-9-16(14)19/h3-10,13,17-18,21H,11,20H2,1-2H3. The van der Waals surface area contributed by atoms with Crippen molar-refractivity contribution < 1.29 is 5.11 Å². The third-order valence-electron chi connectivity index (χ3n) is 3.91. The normalized spacial score (nSPS) is 15.5. The van der Waals surface area contributed by atoms with Crippen LogP contribution in [0.3, 0.4) is 0 Å². The van der Waals surface area contributed by atoms with Crippen molar-refractivity contribution in [1.82, 2.24) is 0 Å². The second-order valence-electron chi connectivity index (χ2n) is 5.71. The fourth-order valence-corrected chi connectivity index (χ4v) is 2.75. The monoisotopic (exact) mass is 303 g/mol. The zero-order chi connectivity index (χ0) is 15.4. The molecule has 0 amide bonds. The van der Waals surface area contributed by atoms with Gasteiger partial charge in [-0.25, -0.2) is 0 Å². The number of hydrogen-bond donors (Lipinski definition) is 2. The minimum Gasteiger partial charge on any atom is -0.387 e. The Morgan fingerprint density at radius 1 is 1.14 bits per heavy atom. The maximum atomic E-state index is 10.5. The largest absolute Gasteiger partial charge is 0.387 e. The molecule has 2 nitrogen and oxygen atoms in total. The molecule has 0 aliphatic carbocycles. The van der Waals surface area contributed by atoms with Gasteiger partial charge in [0.05, 0.1) is 6.10 Å². The first-order valence-electron chi connectivity index (χ1n) is 7.22. The first-order valence-corrected chi connectivity index (χ1v) is 7.60. The van der Waals surface area contributed by atoms with E-state index in [9.17, 15) is 5.11 Å². The molecule has 0 spiro atoms. The molecule has 112 valence electrons. The van der Waals surface area contributed by atoms with Gasteiger partial charge in [0.2, 0.25) is 0 Å². The van der Waals surface area contributed by atoms with Crippen LogP contribution in [0.4, 0.5) is 0 Å². The minimum atomic E-state index is -0.664. The van der Waals surface area contributed by atoms with Crippen LogP contribution in [0.2, 0.25) is 5.02 Å². The summed E-state index contributed by atoms with van der Waals surface area (Å²) >= 11 is 6.19. The van der Waals surface area contributed by atoms with Gasteiger partial charge in [0.1, 0.15) is 0 Å². The summed E-state index contributed by atoms with van der Waals surface area (Å²) in [5, 5.41) is 11.2. The molecule has 0 saturated carbocycles. The summed E-state index contributed by atoms with van der Waals surface area (Å²) in [6, 6.07) is 15.3. The third kappa shape index (κ3) is 4.07. The summed E-state index contributed by atoms with van der Waals surface area (Å²) < 4.78 is 0. The number of aliphatic hydroxyl groups excluding tert-OH is 1. The molecule has 21 heavy (non-hydrogen) atoms. The van der Waals surface area contributed by atoms with Gasteiger partial charge in [0.15, 0.2) is 0 Å². The zero-order valence-corrected chi connectivity index (χ0v) is 13.2. The van der Waals surface area contributed by atoms with Crippen LogP contribution in [0.1, 0.15) is 29.7 Å². The average molecular weight is 304 g/mol. The highest BCUT2D eigenvalue weighted by atomic mass is 35.5. The van der Waals surface area contributed by atoms with E-state index < -0.39 is 6.10 Å². The molecule has 0 heterocycles. The summed E-state index contributed by atoms with van der Waals surface area (Å²) in [5.74, 6) is 0.125. The summed E-state index contributed by atoms with van der Waals surface area (Å²) in [6.07, 6.45) is 0.0892. The Morgan fingerprint density at radius 2 is 1.86 bits per heavy atom. The van der Waals surface area contributed by atoms with Crippen LogP contribution in [0, 0.1) is 12.8 Å². The van der Waals surface area contributed by atoms with E-state index in [1.54, 1.807) is 0 Å². The van der Waals surface area contributed by atoms with Gasteiger partial charge in [-0.05, 0) is 36.5 Å². The van der Waals surface area contributed by atoms with Gasteiger partial charge in [0.25, 0.3) is 0 Å². The number of benzene rings is 2. The predicted molar refractivity (Wildman–Crippen MR) is 88.4 cm³/mol. The molecular weight excluding hydrogens is 282 g/mol. The van der Waals surface area contributed by atoms with Gasteiger partial charge < -0.3 is 10.8 Å². The van der Waals surface area contributed by atoms with Crippen molar-refractivity contribution in [3.63, 3.8) is 0 Å². The maximum Gasteiger partial charge on any atom is 0.0943 e. The Morgan fingerprint density at radius 3 is 2.52 bits per heavy atom. The van der Waals surface area contributed by atoms with E-state index >= 15 is 0 Å². The topological polar surface area (TPSA) is 46.2 Å². The first kappa shape index (κ1) is 16.0. The van der Waals surface area contributed by atoms with Crippen molar-refractivity contribution in [3.8, 4) is 0 Å². The van der Waals surface area contributed by atoms with E-state index in [1.807, 2.05) is 62.4 Å². The average Bonchev–Trinajstić information content (AvgIpc) is 2.48. The fraction of sp³-hybridized carbons (Fsp3) is 0.333. The van der Waals surface area contributed by atoms with E-state index in [1.165, 1.54) is 0 Å². The molecule has 0 aliphatic rings. The van der Waals surface area contributed by atoms with Crippen LogP contribution in [-0.4, -0.2) is 11.1 Å². The Labute approximate surface area is 131 Å². The second kappa shape index (κ2) is 7.08. The van der Waals surface area contributed by atoms with E-state index in [-0.39, 0.29) is 12.0 Å². The van der Waals surface area contributed by atoms with Crippen molar-refractivity contribution >= 4 is 11.6 Å². The van der Waals surface area contributed by atoms with E-state index in [0.29, 0.717) is 0 Å². The zero-order valence-electron chi connectivity index (χ0n) is 12.5. The van der Waals surface area contributed by atoms with Crippen molar-refractivity contribution in [2.45, 2.75) is 32.4 Å². The SMILES string of the molecule is Cc1cccc(C(O)C(N)C(C)Cc2ccccc2Cl)c1. The lowest BCUT2D eigenvalue weighted by Crippen LogP contribution is -2.36. The maximum absolute atomic E-state index is 10.5. The van der Waals surface area contributed by atoms with Crippen molar-refractivity contribution in [2.75, 3.05) is 0 Å². The Hall–Kier alpha value is -1.35. The fourth-order valence-electron chi connectivity index (χ4n) is 2.53. The molecule has 0 bridgehead atoms. The minimum absolute atomic E-state index is 0.125. The van der Waals surface area contributed by atoms with Gasteiger partial charge in [-0.3, -0.25) is 0 Å². The highest BCUT2D eigenvalue weighted by Gasteiger charge is 2.23. The smallest absolute Gasteiger partial charge is 0.0943 e. The molecule has 3 N–H and O–H groups in total. The number of aliphatic hydroxyl groups is 1. The van der Waals surface area contributed by atoms with Crippen LogP contribution < -0.4 is 5.73 Å². The highest BCUT2D eigenvalue weighted by Crippen LogP contribution is 2.25. The van der Waals surface area contributed by atoms with Crippen LogP contribution >= 0.6 is 11.6 Å². The van der Waals surface area contributed by atoms with Gasteiger partial charge in [-0.1, -0.05) is 66.6 Å². The molecule has 3 atom stereocenters. The summed E-state index contributed by atoms with van der Waals surface area (Å²) in [6.45, 7) is 4.06. The molecule has 3 heteroatoms. The number of hydrogen-bond acceptors (Lipinski definition) is 2. The second-order valence-corrected chi connectivity index (χ2v) is 6.12. The van der Waals surface area contributed by atoms with Gasteiger partial charge >= 0.3 is 0 Å². The van der Waals surface area contributed by atoms with Gasteiger partial charge in [-0.15, -0.1) is 0 Å². The molecule has 0 aromatic heterocycles. The van der Waals surface area contributed by atoms with Crippen LogP contribution in [0.15, 0.2) is 48.5 Å². The third-order valence-corrected chi connectivity index (χ3v) is 4.27. The number of nitrogens with two attached hydrogens (primary N) is 1. The quantitative estimate of drug-likeness (QED) is 0.880. The summed E-state index contributed by atoms with van der Waals surface area (Å²) in [5.41, 5.74) is 9.31. The molecule has 0 saturated heterocycles. The number of rotatable bonds is 5. The highest BCUT2D eigenvalue weighted by molar-refractivity contribution is 6.31. The van der Waals surface area contributed by atoms with Crippen LogP contribution in [0.5, 0.6) is 0 Å². The lowest BCUT2D eigenvalue weighted by atomic mass is 9.88. The first-order chi connectivity index (χ1) is 9.99. The van der Waals surface area contributed by atoms with E-state index in [4.69, 9.17) is 17.3 Å². The van der Waals surface area contributed by atoms with E-state index in [2.05, 4.69) is 0 Å².